The number of amides is 1. The number of nitrogens with zero attached hydrogens (tertiary/aromatic N) is 4. The minimum atomic E-state index is -0.679. The Bertz CT molecular complexity index is 1400. The van der Waals surface area contributed by atoms with Crippen LogP contribution in [0.25, 0.3) is 11.3 Å². The molecule has 1 aromatic heterocycles. The number of allylic oxidation sites excluding steroid dienone is 1. The van der Waals surface area contributed by atoms with E-state index < -0.39 is 11.4 Å². The van der Waals surface area contributed by atoms with Gasteiger partial charge in [-0.2, -0.15) is 0 Å². The van der Waals surface area contributed by atoms with E-state index in [-0.39, 0.29) is 63.1 Å². The molecule has 2 atom stereocenters. The third kappa shape index (κ3) is 5.26. The highest BCUT2D eigenvalue weighted by Gasteiger charge is 2.45. The number of anilines is 1. The highest BCUT2D eigenvalue weighted by molar-refractivity contribution is 6.35. The normalized spacial score (nSPS) is 24.5. The average molecular weight is 599 g/mol. The molecule has 2 saturated heterocycles. The summed E-state index contributed by atoms with van der Waals surface area (Å²) >= 11 is 6.93. The first-order valence-electron chi connectivity index (χ1n) is 14.7. The van der Waals surface area contributed by atoms with E-state index in [2.05, 4.69) is 32.3 Å². The predicted molar refractivity (Wildman–Crippen MR) is 162 cm³/mol. The number of ether oxygens (including phenoxy) is 1. The highest BCUT2D eigenvalue weighted by Crippen LogP contribution is 2.48. The summed E-state index contributed by atoms with van der Waals surface area (Å²) in [7, 11) is 0. The standard InChI is InChI=1S/C32H40ClFN4O4/c1-6-22(39)20-10-9-14-32(5)19-42-28-25(30(41)38(32)15-13-20)29(36-16-17-37(7-2)31(3,4)18-36)35-27(26(28)33)24-21(34)11-8-12-23(24)40/h6,8,11-12,20,40H,1,7,9-10,13-19H2,2-5H3/t20?,32-/m1/s1. The van der Waals surface area contributed by atoms with Gasteiger partial charge in [0.25, 0.3) is 5.91 Å². The molecule has 2 fully saturated rings. The second-order valence-corrected chi connectivity index (χ2v) is 12.9. The SMILES string of the molecule is C=CC(=O)C1CCC[C@]2(C)COc3c(Cl)c(-c4c(O)cccc4F)nc(N4CCN(CC)C(C)(C)C4)c3C(=O)N2CC1. The maximum Gasteiger partial charge on any atom is 0.262 e. The van der Waals surface area contributed by atoms with Gasteiger partial charge in [0.1, 0.15) is 40.3 Å². The molecule has 1 N–H and O–H groups in total. The van der Waals surface area contributed by atoms with Gasteiger partial charge >= 0.3 is 0 Å². The van der Waals surface area contributed by atoms with E-state index in [0.29, 0.717) is 38.3 Å². The fourth-order valence-corrected chi connectivity index (χ4v) is 7.12. The van der Waals surface area contributed by atoms with E-state index in [1.54, 1.807) is 0 Å². The number of aromatic hydroxyl groups is 1. The number of hydrogen-bond acceptors (Lipinski definition) is 7. The summed E-state index contributed by atoms with van der Waals surface area (Å²) in [6, 6.07) is 4.03. The second-order valence-electron chi connectivity index (χ2n) is 12.5. The maximum absolute atomic E-state index is 15.2. The topological polar surface area (TPSA) is 86.2 Å². The van der Waals surface area contributed by atoms with Crippen LogP contribution in [-0.2, 0) is 4.79 Å². The van der Waals surface area contributed by atoms with Crippen LogP contribution in [0.3, 0.4) is 0 Å². The first-order valence-corrected chi connectivity index (χ1v) is 15.1. The summed E-state index contributed by atoms with van der Waals surface area (Å²) in [5.41, 5.74) is -0.762. The zero-order valence-electron chi connectivity index (χ0n) is 24.9. The third-order valence-corrected chi connectivity index (χ3v) is 9.62. The lowest BCUT2D eigenvalue weighted by Gasteiger charge is -2.47. The van der Waals surface area contributed by atoms with Crippen molar-refractivity contribution >= 4 is 29.1 Å². The smallest absolute Gasteiger partial charge is 0.262 e. The second kappa shape index (κ2) is 11.5. The number of benzene rings is 1. The lowest BCUT2D eigenvalue weighted by molar-refractivity contribution is -0.119. The number of carbonyl (C=O) groups is 2. The van der Waals surface area contributed by atoms with Crippen LogP contribution >= 0.6 is 11.6 Å². The summed E-state index contributed by atoms with van der Waals surface area (Å²) in [5.74, 6) is -0.964. The van der Waals surface area contributed by atoms with Crippen LogP contribution in [-0.4, -0.2) is 82.0 Å². The van der Waals surface area contributed by atoms with E-state index in [0.717, 1.165) is 25.9 Å². The summed E-state index contributed by atoms with van der Waals surface area (Å²) in [4.78, 5) is 38.3. The molecule has 1 aromatic carbocycles. The van der Waals surface area contributed by atoms with Crippen molar-refractivity contribution in [1.29, 1.82) is 0 Å². The molecular weight excluding hydrogens is 559 g/mol. The van der Waals surface area contributed by atoms with Crippen LogP contribution in [0.15, 0.2) is 30.9 Å². The van der Waals surface area contributed by atoms with Gasteiger partial charge in [-0.15, -0.1) is 0 Å². The van der Waals surface area contributed by atoms with Crippen molar-refractivity contribution in [3.05, 3.63) is 47.3 Å². The Kier molecular flexibility index (Phi) is 8.29. The predicted octanol–water partition coefficient (Wildman–Crippen LogP) is 5.71. The minimum Gasteiger partial charge on any atom is -0.507 e. The highest BCUT2D eigenvalue weighted by atomic mass is 35.5. The molecule has 3 aliphatic heterocycles. The fraction of sp³-hybridized carbons (Fsp3) is 0.531. The van der Waals surface area contributed by atoms with Crippen molar-refractivity contribution in [3.8, 4) is 22.8 Å². The van der Waals surface area contributed by atoms with Crippen molar-refractivity contribution in [3.63, 3.8) is 0 Å². The summed E-state index contributed by atoms with van der Waals surface area (Å²) in [5, 5.41) is 10.7. The minimum absolute atomic E-state index is 0.00621. The molecule has 3 aliphatic rings. The molecular formula is C32H40ClFN4O4. The van der Waals surface area contributed by atoms with Gasteiger partial charge in [0.15, 0.2) is 11.5 Å². The first-order chi connectivity index (χ1) is 19.9. The zero-order valence-corrected chi connectivity index (χ0v) is 25.6. The maximum atomic E-state index is 15.2. The molecule has 4 heterocycles. The Morgan fingerprint density at radius 2 is 2.00 bits per heavy atom. The number of aromatic nitrogens is 1. The number of ketones is 1. The lowest BCUT2D eigenvalue weighted by Crippen LogP contribution is -2.59. The van der Waals surface area contributed by atoms with Crippen molar-refractivity contribution < 1.29 is 23.8 Å². The molecule has 0 saturated carbocycles. The Balaban J connectivity index is 1.68. The van der Waals surface area contributed by atoms with E-state index in [1.807, 2.05) is 16.7 Å². The van der Waals surface area contributed by atoms with Gasteiger partial charge < -0.3 is 19.6 Å². The quantitative estimate of drug-likeness (QED) is 0.442. The summed E-state index contributed by atoms with van der Waals surface area (Å²) in [6.45, 7) is 15.4. The number of rotatable bonds is 5. The number of pyridine rings is 1. The fourth-order valence-electron chi connectivity index (χ4n) is 6.83. The van der Waals surface area contributed by atoms with Crippen LogP contribution in [0, 0.1) is 11.7 Å². The van der Waals surface area contributed by atoms with Gasteiger partial charge in [-0.1, -0.05) is 37.6 Å². The van der Waals surface area contributed by atoms with Crippen LogP contribution < -0.4 is 9.64 Å². The molecule has 10 heteroatoms. The number of likely N-dealkylation sites (N-methyl/N-ethyl adjacent to an activating group) is 1. The van der Waals surface area contributed by atoms with Crippen molar-refractivity contribution in [2.45, 2.75) is 64.5 Å². The third-order valence-electron chi connectivity index (χ3n) is 9.27. The van der Waals surface area contributed by atoms with Crippen LogP contribution in [0.4, 0.5) is 10.2 Å². The van der Waals surface area contributed by atoms with Gasteiger partial charge in [-0.3, -0.25) is 14.5 Å². The molecule has 0 bridgehead atoms. The molecule has 42 heavy (non-hydrogen) atoms. The van der Waals surface area contributed by atoms with Crippen molar-refractivity contribution in [2.75, 3.05) is 44.2 Å². The Morgan fingerprint density at radius 3 is 2.67 bits per heavy atom. The molecule has 226 valence electrons. The van der Waals surface area contributed by atoms with E-state index in [9.17, 15) is 14.7 Å². The molecule has 5 rings (SSSR count). The average Bonchev–Trinajstić information content (AvgIpc) is 3.03. The summed E-state index contributed by atoms with van der Waals surface area (Å²) < 4.78 is 21.6. The molecule has 2 aromatic rings. The number of piperazine rings is 1. The van der Waals surface area contributed by atoms with Crippen LogP contribution in [0.1, 0.15) is 63.7 Å². The van der Waals surface area contributed by atoms with Crippen molar-refractivity contribution in [2.24, 2.45) is 5.92 Å². The Hall–Kier alpha value is -3.17. The number of hydrogen-bond donors (Lipinski definition) is 1. The van der Waals surface area contributed by atoms with E-state index >= 15 is 4.39 Å². The van der Waals surface area contributed by atoms with Crippen LogP contribution in [0.5, 0.6) is 11.5 Å². The largest absolute Gasteiger partial charge is 0.507 e. The Morgan fingerprint density at radius 1 is 1.24 bits per heavy atom. The number of phenolic OH excluding ortho intramolecular Hbond substituents is 1. The molecule has 1 amide bonds. The molecule has 0 aliphatic carbocycles. The molecule has 1 unspecified atom stereocenters. The molecule has 0 spiro atoms. The molecule has 0 radical (unpaired) electrons. The molecule has 8 nitrogen and oxygen atoms in total. The van der Waals surface area contributed by atoms with Crippen molar-refractivity contribution in [1.82, 2.24) is 14.8 Å². The van der Waals surface area contributed by atoms with Gasteiger partial charge in [0, 0.05) is 37.6 Å². The van der Waals surface area contributed by atoms with Crippen LogP contribution in [0.2, 0.25) is 5.02 Å². The van der Waals surface area contributed by atoms with Gasteiger partial charge in [-0.25, -0.2) is 9.37 Å². The number of halogens is 2. The number of phenols is 1. The van der Waals surface area contributed by atoms with Gasteiger partial charge in [-0.05, 0) is 64.8 Å². The van der Waals surface area contributed by atoms with E-state index in [4.69, 9.17) is 21.3 Å². The summed E-state index contributed by atoms with van der Waals surface area (Å²) in [6.07, 6.45) is 3.98. The first kappa shape index (κ1) is 30.3. The number of carbonyl (C=O) groups excluding carboxylic acids is 2. The van der Waals surface area contributed by atoms with E-state index in [1.165, 1.54) is 24.3 Å². The zero-order chi connectivity index (χ0) is 30.4. The van der Waals surface area contributed by atoms with Gasteiger partial charge in [0.2, 0.25) is 0 Å². The number of fused-ring (bicyclic) bond motifs is 2. The lowest BCUT2D eigenvalue weighted by atomic mass is 9.84. The van der Waals surface area contributed by atoms with Gasteiger partial charge in [0.05, 0.1) is 11.1 Å². The monoisotopic (exact) mass is 598 g/mol. The Labute approximate surface area is 252 Å².